The molecular weight excluding hydrogens is 414 g/mol. The highest BCUT2D eigenvalue weighted by Crippen LogP contribution is 2.37. The Balaban J connectivity index is 1.67. The van der Waals surface area contributed by atoms with Crippen molar-refractivity contribution in [1.82, 2.24) is 5.32 Å². The number of fused-ring (bicyclic) bond motifs is 1. The lowest BCUT2D eigenvalue weighted by atomic mass is 9.97. The molecular formula is C20H37NO10. The Labute approximate surface area is 183 Å². The van der Waals surface area contributed by atoms with Crippen LogP contribution in [0.3, 0.4) is 0 Å². The first-order valence-electron chi connectivity index (χ1n) is 10.6. The Hall–Kier alpha value is -0.890. The van der Waals surface area contributed by atoms with Crippen LogP contribution in [0.4, 0.5) is 0 Å². The van der Waals surface area contributed by atoms with Crippen LogP contribution in [0.15, 0.2) is 0 Å². The number of methoxy groups -OCH3 is 1. The molecule has 0 aliphatic carbocycles. The van der Waals surface area contributed by atoms with Crippen LogP contribution in [-0.4, -0.2) is 114 Å². The molecule has 5 unspecified atom stereocenters. The third-order valence-corrected chi connectivity index (χ3v) is 4.72. The van der Waals surface area contributed by atoms with Gasteiger partial charge in [-0.2, -0.15) is 0 Å². The third kappa shape index (κ3) is 8.87. The van der Waals surface area contributed by atoms with Crippen molar-refractivity contribution >= 4 is 5.91 Å². The van der Waals surface area contributed by atoms with Crippen LogP contribution in [0.1, 0.15) is 20.8 Å². The van der Waals surface area contributed by atoms with Crippen LogP contribution < -0.4 is 5.32 Å². The maximum absolute atomic E-state index is 11.6. The number of hydrogen-bond acceptors (Lipinski definition) is 10. The van der Waals surface area contributed by atoms with Crippen molar-refractivity contribution in [2.45, 2.75) is 57.2 Å². The molecule has 1 amide bonds. The third-order valence-electron chi connectivity index (χ3n) is 4.72. The molecule has 0 aromatic heterocycles. The van der Waals surface area contributed by atoms with Crippen LogP contribution in [-0.2, 0) is 42.7 Å². The fourth-order valence-electron chi connectivity index (χ4n) is 3.52. The quantitative estimate of drug-likeness (QED) is 0.313. The topological polar surface area (TPSA) is 123 Å². The van der Waals surface area contributed by atoms with Gasteiger partial charge in [-0.3, -0.25) is 4.79 Å². The van der Waals surface area contributed by atoms with Gasteiger partial charge in [0.25, 0.3) is 0 Å². The van der Waals surface area contributed by atoms with Gasteiger partial charge in [-0.15, -0.1) is 0 Å². The van der Waals surface area contributed by atoms with E-state index in [1.807, 2.05) is 13.8 Å². The van der Waals surface area contributed by atoms with Gasteiger partial charge < -0.3 is 48.3 Å². The minimum atomic E-state index is -0.803. The first-order valence-corrected chi connectivity index (χ1v) is 10.6. The summed E-state index contributed by atoms with van der Waals surface area (Å²) in [5.74, 6) is -1.00. The largest absolute Gasteiger partial charge is 0.394 e. The minimum Gasteiger partial charge on any atom is -0.394 e. The van der Waals surface area contributed by atoms with E-state index in [9.17, 15) is 4.79 Å². The van der Waals surface area contributed by atoms with Gasteiger partial charge in [0.05, 0.1) is 59.5 Å². The van der Waals surface area contributed by atoms with E-state index in [0.717, 1.165) is 0 Å². The summed E-state index contributed by atoms with van der Waals surface area (Å²) < 4.78 is 45.1. The van der Waals surface area contributed by atoms with Gasteiger partial charge in [0.1, 0.15) is 24.4 Å². The Morgan fingerprint density at radius 3 is 2.03 bits per heavy atom. The Kier molecular flexibility index (Phi) is 11.6. The monoisotopic (exact) mass is 451 g/mol. The molecule has 0 saturated carbocycles. The summed E-state index contributed by atoms with van der Waals surface area (Å²) >= 11 is 0. The molecule has 0 bridgehead atoms. The number of carbonyl (C=O) groups is 1. The highest BCUT2D eigenvalue weighted by Gasteiger charge is 2.55. The molecule has 0 aromatic rings. The molecule has 11 heteroatoms. The summed E-state index contributed by atoms with van der Waals surface area (Å²) in [6.07, 6.45) is -1.91. The Morgan fingerprint density at radius 1 is 0.935 bits per heavy atom. The molecule has 2 aliphatic heterocycles. The summed E-state index contributed by atoms with van der Waals surface area (Å²) in [5.41, 5.74) is 0. The standard InChI is InChI=1S/C20H37NO10/c1-14(23)21-16-18-17(30-20(2,3)31-18)15(29-19(16)24-4)13-28-12-11-27-10-9-26-8-7-25-6-5-22/h15-19,22H,5-13H2,1-4H3,(H,21,23). The molecule has 182 valence electrons. The van der Waals surface area contributed by atoms with E-state index in [1.54, 1.807) is 0 Å². The lowest BCUT2D eigenvalue weighted by Gasteiger charge is -2.41. The number of aliphatic hydroxyl groups excluding tert-OH is 1. The summed E-state index contributed by atoms with van der Waals surface area (Å²) in [6.45, 7) is 8.29. The van der Waals surface area contributed by atoms with Crippen LogP contribution in [0.2, 0.25) is 0 Å². The van der Waals surface area contributed by atoms with Gasteiger partial charge in [0, 0.05) is 14.0 Å². The molecule has 2 N–H and O–H groups in total. The van der Waals surface area contributed by atoms with Crippen LogP contribution in [0.25, 0.3) is 0 Å². The van der Waals surface area contributed by atoms with Crippen molar-refractivity contribution in [2.75, 3.05) is 66.6 Å². The predicted octanol–water partition coefficient (Wildman–Crippen LogP) is -0.559. The zero-order valence-electron chi connectivity index (χ0n) is 18.9. The summed E-state index contributed by atoms with van der Waals surface area (Å²) in [5, 5.41) is 11.4. The second-order valence-corrected chi connectivity index (χ2v) is 7.71. The summed E-state index contributed by atoms with van der Waals surface area (Å²) in [6, 6.07) is -0.483. The number of ether oxygens (including phenoxy) is 8. The molecule has 0 aromatic carbocycles. The Bertz CT molecular complexity index is 520. The van der Waals surface area contributed by atoms with Gasteiger partial charge in [-0.25, -0.2) is 0 Å². The molecule has 2 saturated heterocycles. The number of nitrogens with one attached hydrogen (secondary N) is 1. The molecule has 11 nitrogen and oxygen atoms in total. The number of rotatable bonds is 15. The summed E-state index contributed by atoms with van der Waals surface area (Å²) in [4.78, 5) is 11.6. The smallest absolute Gasteiger partial charge is 0.217 e. The second-order valence-electron chi connectivity index (χ2n) is 7.71. The molecule has 2 rings (SSSR count). The number of hydrogen-bond donors (Lipinski definition) is 2. The fourth-order valence-corrected chi connectivity index (χ4v) is 3.52. The molecule has 5 atom stereocenters. The second kappa shape index (κ2) is 13.6. The van der Waals surface area contributed by atoms with Crippen LogP contribution >= 0.6 is 0 Å². The highest BCUT2D eigenvalue weighted by atomic mass is 16.8. The zero-order chi connectivity index (χ0) is 22.7. The van der Waals surface area contributed by atoms with Gasteiger partial charge >= 0.3 is 0 Å². The van der Waals surface area contributed by atoms with E-state index < -0.39 is 36.4 Å². The normalized spacial score (nSPS) is 29.6. The molecule has 31 heavy (non-hydrogen) atoms. The zero-order valence-corrected chi connectivity index (χ0v) is 18.9. The predicted molar refractivity (Wildman–Crippen MR) is 107 cm³/mol. The SMILES string of the molecule is COC1OC(COCCOCCOCCOCCO)C2OC(C)(C)OC2C1NC(C)=O. The van der Waals surface area contributed by atoms with E-state index in [4.69, 9.17) is 43.0 Å². The van der Waals surface area contributed by atoms with E-state index in [-0.39, 0.29) is 19.1 Å². The van der Waals surface area contributed by atoms with Crippen molar-refractivity contribution in [3.05, 3.63) is 0 Å². The lowest BCUT2D eigenvalue weighted by molar-refractivity contribution is -0.245. The van der Waals surface area contributed by atoms with Crippen molar-refractivity contribution in [2.24, 2.45) is 0 Å². The molecule has 0 radical (unpaired) electrons. The first kappa shape index (κ1) is 26.4. The number of aliphatic hydroxyl groups is 1. The van der Waals surface area contributed by atoms with Crippen molar-refractivity contribution < 1.29 is 47.8 Å². The van der Waals surface area contributed by atoms with E-state index in [2.05, 4.69) is 5.32 Å². The molecule has 2 heterocycles. The molecule has 2 fully saturated rings. The maximum Gasteiger partial charge on any atom is 0.217 e. The van der Waals surface area contributed by atoms with Crippen molar-refractivity contribution in [3.63, 3.8) is 0 Å². The average Bonchev–Trinajstić information content (AvgIpc) is 3.05. The van der Waals surface area contributed by atoms with Gasteiger partial charge in [0.2, 0.25) is 5.91 Å². The van der Waals surface area contributed by atoms with Gasteiger partial charge in [-0.05, 0) is 13.8 Å². The van der Waals surface area contributed by atoms with E-state index in [1.165, 1.54) is 14.0 Å². The van der Waals surface area contributed by atoms with E-state index >= 15 is 0 Å². The van der Waals surface area contributed by atoms with Crippen molar-refractivity contribution in [1.29, 1.82) is 0 Å². The summed E-state index contributed by atoms with van der Waals surface area (Å²) in [7, 11) is 1.52. The molecule has 0 spiro atoms. The number of amides is 1. The van der Waals surface area contributed by atoms with Gasteiger partial charge in [-0.1, -0.05) is 0 Å². The van der Waals surface area contributed by atoms with Crippen LogP contribution in [0, 0.1) is 0 Å². The van der Waals surface area contributed by atoms with Crippen molar-refractivity contribution in [3.8, 4) is 0 Å². The average molecular weight is 452 g/mol. The molecule has 2 aliphatic rings. The van der Waals surface area contributed by atoms with Gasteiger partial charge in [0.15, 0.2) is 12.1 Å². The lowest BCUT2D eigenvalue weighted by Crippen LogP contribution is -2.63. The highest BCUT2D eigenvalue weighted by molar-refractivity contribution is 5.73. The first-order chi connectivity index (χ1) is 14.9. The number of carbonyl (C=O) groups excluding carboxylic acids is 1. The maximum atomic E-state index is 11.6. The fraction of sp³-hybridized carbons (Fsp3) is 0.950. The van der Waals surface area contributed by atoms with E-state index in [0.29, 0.717) is 46.2 Å². The van der Waals surface area contributed by atoms with Crippen LogP contribution in [0.5, 0.6) is 0 Å². The Morgan fingerprint density at radius 2 is 1.48 bits per heavy atom. The minimum absolute atomic E-state index is 0.00926.